The first-order valence-electron chi connectivity index (χ1n) is 9.32. The highest BCUT2D eigenvalue weighted by Gasteiger charge is 2.30. The van der Waals surface area contributed by atoms with Gasteiger partial charge in [0.25, 0.3) is 0 Å². The summed E-state index contributed by atoms with van der Waals surface area (Å²) in [4.78, 5) is 8.90. The predicted octanol–water partition coefficient (Wildman–Crippen LogP) is 5.23. The Balaban J connectivity index is 1.74. The van der Waals surface area contributed by atoms with Crippen LogP contribution in [0.5, 0.6) is 0 Å². The molecule has 31 heavy (non-hydrogen) atoms. The number of rotatable bonds is 4. The minimum absolute atomic E-state index is 0.373. The maximum atomic E-state index is 13.1. The first-order chi connectivity index (χ1) is 14.9. The largest absolute Gasteiger partial charge is 0.416 e. The van der Waals surface area contributed by atoms with E-state index in [2.05, 4.69) is 22.0 Å². The highest BCUT2D eigenvalue weighted by molar-refractivity contribution is 6.03. The predicted molar refractivity (Wildman–Crippen MR) is 116 cm³/mol. The van der Waals surface area contributed by atoms with Gasteiger partial charge in [0.1, 0.15) is 12.2 Å². The number of aliphatic imine (C=N–C) groups is 1. The van der Waals surface area contributed by atoms with Gasteiger partial charge < -0.3 is 5.43 Å². The number of imidazole rings is 1. The van der Waals surface area contributed by atoms with E-state index >= 15 is 0 Å². The molecular formula is C23H18F3N5. The Morgan fingerprint density at radius 2 is 1.87 bits per heavy atom. The quantitative estimate of drug-likeness (QED) is 0.205. The lowest BCUT2D eigenvalue weighted by Crippen LogP contribution is -2.31. The van der Waals surface area contributed by atoms with Gasteiger partial charge in [-0.15, -0.1) is 0 Å². The van der Waals surface area contributed by atoms with Gasteiger partial charge in [-0.1, -0.05) is 43.0 Å². The van der Waals surface area contributed by atoms with Gasteiger partial charge in [-0.25, -0.2) is 15.8 Å². The molecule has 1 aromatic heterocycles. The summed E-state index contributed by atoms with van der Waals surface area (Å²) in [7, 11) is 0. The van der Waals surface area contributed by atoms with Crippen molar-refractivity contribution in [3.8, 4) is 5.69 Å². The van der Waals surface area contributed by atoms with Gasteiger partial charge in [0.15, 0.2) is 0 Å². The van der Waals surface area contributed by atoms with Crippen LogP contribution in [-0.4, -0.2) is 15.4 Å². The second-order valence-corrected chi connectivity index (χ2v) is 6.73. The van der Waals surface area contributed by atoms with Crippen molar-refractivity contribution in [1.29, 1.82) is 0 Å². The summed E-state index contributed by atoms with van der Waals surface area (Å²) in [6.45, 7) is 3.80. The molecule has 0 saturated heterocycles. The molecule has 0 saturated carbocycles. The third-order valence-electron chi connectivity index (χ3n) is 4.80. The van der Waals surface area contributed by atoms with E-state index in [1.54, 1.807) is 34.9 Å². The molecule has 0 aliphatic carbocycles. The second kappa shape index (κ2) is 8.08. The second-order valence-electron chi connectivity index (χ2n) is 6.73. The third-order valence-corrected chi connectivity index (χ3v) is 4.80. The van der Waals surface area contributed by atoms with Crippen LogP contribution >= 0.6 is 0 Å². The number of hydrogen-bond acceptors (Lipinski definition) is 3. The molecule has 8 heteroatoms. The van der Waals surface area contributed by atoms with Gasteiger partial charge in [-0.3, -0.25) is 4.57 Å². The number of hydrazine groups is 1. The van der Waals surface area contributed by atoms with E-state index in [0.29, 0.717) is 28.2 Å². The van der Waals surface area contributed by atoms with E-state index in [-0.39, 0.29) is 0 Å². The van der Waals surface area contributed by atoms with Gasteiger partial charge in [-0.05, 0) is 42.0 Å². The average Bonchev–Trinajstić information content (AvgIpc) is 3.20. The molecule has 156 valence electrons. The molecule has 0 radical (unpaired) electrons. The highest BCUT2D eigenvalue weighted by Crippen LogP contribution is 2.31. The van der Waals surface area contributed by atoms with Crippen LogP contribution in [0.3, 0.4) is 0 Å². The van der Waals surface area contributed by atoms with Crippen LogP contribution in [0.25, 0.3) is 22.8 Å². The molecular weight excluding hydrogens is 403 g/mol. The average molecular weight is 421 g/mol. The van der Waals surface area contributed by atoms with Crippen molar-refractivity contribution in [2.75, 3.05) is 0 Å². The lowest BCUT2D eigenvalue weighted by atomic mass is 10.1. The Morgan fingerprint density at radius 3 is 2.61 bits per heavy atom. The van der Waals surface area contributed by atoms with E-state index in [4.69, 9.17) is 5.84 Å². The van der Waals surface area contributed by atoms with Gasteiger partial charge in [0, 0.05) is 11.3 Å². The Kier molecular flexibility index (Phi) is 5.31. The lowest BCUT2D eigenvalue weighted by molar-refractivity contribution is -0.137. The van der Waals surface area contributed by atoms with Crippen LogP contribution in [0.15, 0.2) is 84.6 Å². The summed E-state index contributed by atoms with van der Waals surface area (Å²) in [5.74, 6) is 6.14. The molecule has 1 heterocycles. The molecule has 3 aromatic carbocycles. The standard InChI is InChI=1S/C23H18F3N5/c1-2-15-6-3-4-9-19(15)22(30-27)29-17-10-11-21-20(13-17)28-14-31(21)18-8-5-7-16(12-18)23(24,25)26/h2-14H,1,27H2,(H,29,30). The molecule has 0 amide bonds. The fourth-order valence-electron chi connectivity index (χ4n) is 3.30. The monoisotopic (exact) mass is 421 g/mol. The number of nitrogens with one attached hydrogen (secondary N) is 1. The Morgan fingerprint density at radius 1 is 1.06 bits per heavy atom. The van der Waals surface area contributed by atoms with Crippen LogP contribution in [0.4, 0.5) is 18.9 Å². The fourth-order valence-corrected chi connectivity index (χ4v) is 3.30. The SMILES string of the molecule is C=Cc1ccccc1C(=Nc1ccc2c(c1)ncn2-c1cccc(C(F)(F)F)c1)NN. The summed E-state index contributed by atoms with van der Waals surface area (Å²) in [5.41, 5.74) is 5.77. The zero-order valence-corrected chi connectivity index (χ0v) is 16.3. The number of fused-ring (bicyclic) bond motifs is 1. The molecule has 0 bridgehead atoms. The number of nitrogens with zero attached hydrogens (tertiary/aromatic N) is 3. The molecule has 0 aliphatic heterocycles. The van der Waals surface area contributed by atoms with Crippen LogP contribution < -0.4 is 11.3 Å². The van der Waals surface area contributed by atoms with Crippen molar-refractivity contribution in [3.05, 3.63) is 96.3 Å². The highest BCUT2D eigenvalue weighted by atomic mass is 19.4. The van der Waals surface area contributed by atoms with Crippen molar-refractivity contribution < 1.29 is 13.2 Å². The van der Waals surface area contributed by atoms with Crippen LogP contribution in [-0.2, 0) is 6.18 Å². The van der Waals surface area contributed by atoms with E-state index < -0.39 is 11.7 Å². The van der Waals surface area contributed by atoms with Crippen LogP contribution in [0.1, 0.15) is 16.7 Å². The number of benzene rings is 3. The van der Waals surface area contributed by atoms with Crippen molar-refractivity contribution in [1.82, 2.24) is 15.0 Å². The van der Waals surface area contributed by atoms with Crippen molar-refractivity contribution in [2.45, 2.75) is 6.18 Å². The van der Waals surface area contributed by atoms with E-state index in [1.165, 1.54) is 12.4 Å². The Hall–Kier alpha value is -3.91. The minimum atomic E-state index is -4.42. The molecule has 0 fully saturated rings. The lowest BCUT2D eigenvalue weighted by Gasteiger charge is -2.10. The molecule has 0 aliphatic rings. The number of alkyl halides is 3. The summed E-state index contributed by atoms with van der Waals surface area (Å²) < 4.78 is 40.8. The molecule has 0 unspecified atom stereocenters. The molecule has 5 nitrogen and oxygen atoms in total. The summed E-state index contributed by atoms with van der Waals surface area (Å²) in [6, 6.07) is 17.9. The maximum absolute atomic E-state index is 13.1. The van der Waals surface area contributed by atoms with Crippen molar-refractivity contribution in [2.24, 2.45) is 10.8 Å². The van der Waals surface area contributed by atoms with Crippen molar-refractivity contribution >= 4 is 28.6 Å². The first-order valence-corrected chi connectivity index (χ1v) is 9.32. The Labute approximate surface area is 176 Å². The first kappa shape index (κ1) is 20.4. The maximum Gasteiger partial charge on any atom is 0.416 e. The third kappa shape index (κ3) is 4.06. The topological polar surface area (TPSA) is 68.2 Å². The molecule has 0 atom stereocenters. The van der Waals surface area contributed by atoms with Gasteiger partial charge in [0.05, 0.1) is 22.3 Å². The number of hydrogen-bond donors (Lipinski definition) is 2. The van der Waals surface area contributed by atoms with Gasteiger partial charge in [0.2, 0.25) is 0 Å². The zero-order chi connectivity index (χ0) is 22.0. The molecule has 0 spiro atoms. The van der Waals surface area contributed by atoms with Crippen LogP contribution in [0, 0.1) is 0 Å². The van der Waals surface area contributed by atoms with Gasteiger partial charge >= 0.3 is 6.18 Å². The molecule has 4 rings (SSSR count). The van der Waals surface area contributed by atoms with Crippen molar-refractivity contribution in [3.63, 3.8) is 0 Å². The minimum Gasteiger partial charge on any atom is -0.308 e. The smallest absolute Gasteiger partial charge is 0.308 e. The summed E-state index contributed by atoms with van der Waals surface area (Å²) in [6.07, 6.45) is -1.22. The zero-order valence-electron chi connectivity index (χ0n) is 16.3. The summed E-state index contributed by atoms with van der Waals surface area (Å²) >= 11 is 0. The molecule has 4 aromatic rings. The normalized spacial score (nSPS) is 12.2. The number of aromatic nitrogens is 2. The van der Waals surface area contributed by atoms with Gasteiger partial charge in [-0.2, -0.15) is 13.2 Å². The molecule has 3 N–H and O–H groups in total. The Bertz CT molecular complexity index is 1290. The fraction of sp³-hybridized carbons (Fsp3) is 0.0435. The summed E-state index contributed by atoms with van der Waals surface area (Å²) in [5, 5.41) is 0. The van der Waals surface area contributed by atoms with Crippen LogP contribution in [0.2, 0.25) is 0 Å². The number of nitrogens with two attached hydrogens (primary N) is 1. The van der Waals surface area contributed by atoms with E-state index in [9.17, 15) is 13.2 Å². The number of amidine groups is 1. The van der Waals surface area contributed by atoms with E-state index in [0.717, 1.165) is 23.3 Å². The number of halogens is 3. The van der Waals surface area contributed by atoms with E-state index in [1.807, 2.05) is 24.3 Å².